The summed E-state index contributed by atoms with van der Waals surface area (Å²) in [6, 6.07) is 12.3. The minimum Gasteiger partial charge on any atom is -0.497 e. The summed E-state index contributed by atoms with van der Waals surface area (Å²) in [4.78, 5) is 12.2. The maximum Gasteiger partial charge on any atom is 0.348 e. The van der Waals surface area contributed by atoms with Crippen molar-refractivity contribution in [3.05, 3.63) is 52.9 Å². The van der Waals surface area contributed by atoms with Gasteiger partial charge < -0.3 is 15.2 Å². The van der Waals surface area contributed by atoms with Crippen LogP contribution in [0, 0.1) is 0 Å². The molecular formula is C16H16N4O3. The molecule has 0 aliphatic heterocycles. The molecule has 7 heteroatoms. The van der Waals surface area contributed by atoms with Gasteiger partial charge in [-0.1, -0.05) is 0 Å². The van der Waals surface area contributed by atoms with E-state index in [2.05, 4.69) is 10.2 Å². The summed E-state index contributed by atoms with van der Waals surface area (Å²) < 4.78 is 12.0. The molecule has 1 aromatic heterocycles. The number of anilines is 1. The lowest BCUT2D eigenvalue weighted by molar-refractivity contribution is 0.395. The Balaban J connectivity index is 2.19. The Labute approximate surface area is 132 Å². The van der Waals surface area contributed by atoms with Crippen LogP contribution in [0.15, 0.2) is 47.3 Å². The Kier molecular flexibility index (Phi) is 3.76. The minimum absolute atomic E-state index is 0.345. The fourth-order valence-corrected chi connectivity index (χ4v) is 2.32. The molecule has 118 valence electrons. The maximum absolute atomic E-state index is 12.2. The molecule has 3 N–H and O–H groups in total. The molecule has 0 radical (unpaired) electrons. The van der Waals surface area contributed by atoms with Gasteiger partial charge in [0, 0.05) is 11.8 Å². The molecule has 23 heavy (non-hydrogen) atoms. The summed E-state index contributed by atoms with van der Waals surface area (Å²) in [6.45, 7) is 0. The van der Waals surface area contributed by atoms with Gasteiger partial charge in [0.25, 0.3) is 0 Å². The van der Waals surface area contributed by atoms with E-state index in [0.29, 0.717) is 34.3 Å². The summed E-state index contributed by atoms with van der Waals surface area (Å²) in [5, 5.41) is 6.59. The lowest BCUT2D eigenvalue weighted by Crippen LogP contribution is -2.15. The molecule has 1 heterocycles. The molecule has 0 spiro atoms. The highest BCUT2D eigenvalue weighted by molar-refractivity contribution is 5.67. The Morgan fingerprint density at radius 3 is 2.48 bits per heavy atom. The average Bonchev–Trinajstić information content (AvgIpc) is 2.96. The molecule has 0 bridgehead atoms. The molecule has 0 aliphatic carbocycles. The maximum atomic E-state index is 12.2. The number of nitrogens with one attached hydrogen (secondary N) is 1. The normalized spacial score (nSPS) is 10.5. The van der Waals surface area contributed by atoms with Crippen molar-refractivity contribution in [1.82, 2.24) is 14.8 Å². The Hall–Kier alpha value is -3.22. The zero-order chi connectivity index (χ0) is 16.4. The van der Waals surface area contributed by atoms with Gasteiger partial charge in [0.15, 0.2) is 5.82 Å². The van der Waals surface area contributed by atoms with Crippen LogP contribution in [0.1, 0.15) is 0 Å². The number of H-pyrrole nitrogens is 1. The first-order chi connectivity index (χ1) is 11.1. The Morgan fingerprint density at radius 1 is 1.09 bits per heavy atom. The van der Waals surface area contributed by atoms with E-state index in [-0.39, 0.29) is 5.69 Å². The first kappa shape index (κ1) is 14.7. The standard InChI is InChI=1S/C16H16N4O3/c1-22-12-7-8-13(14(9-12)23-2)15-18-19-16(21)20(15)11-5-3-10(17)4-6-11/h3-9H,17H2,1-2H3,(H,19,21). The molecule has 2 aromatic carbocycles. The molecule has 0 saturated heterocycles. The van der Waals surface area contributed by atoms with Gasteiger partial charge in [-0.3, -0.25) is 0 Å². The van der Waals surface area contributed by atoms with Gasteiger partial charge in [-0.25, -0.2) is 14.5 Å². The van der Waals surface area contributed by atoms with Crippen molar-refractivity contribution in [2.75, 3.05) is 20.0 Å². The van der Waals surface area contributed by atoms with Crippen LogP contribution >= 0.6 is 0 Å². The second-order valence-corrected chi connectivity index (χ2v) is 4.85. The predicted octanol–water partition coefficient (Wildman–Crippen LogP) is 1.83. The quantitative estimate of drug-likeness (QED) is 0.717. The summed E-state index contributed by atoms with van der Waals surface area (Å²) in [5.74, 6) is 1.65. The van der Waals surface area contributed by atoms with Crippen molar-refractivity contribution < 1.29 is 9.47 Å². The summed E-state index contributed by atoms with van der Waals surface area (Å²) in [7, 11) is 3.13. The van der Waals surface area contributed by atoms with E-state index in [0.717, 1.165) is 0 Å². The van der Waals surface area contributed by atoms with Crippen LogP contribution in [0.3, 0.4) is 0 Å². The number of hydrogen-bond donors (Lipinski definition) is 2. The van der Waals surface area contributed by atoms with E-state index < -0.39 is 0 Å². The number of rotatable bonds is 4. The fourth-order valence-electron chi connectivity index (χ4n) is 2.32. The number of aromatic nitrogens is 3. The largest absolute Gasteiger partial charge is 0.497 e. The van der Waals surface area contributed by atoms with E-state index >= 15 is 0 Å². The molecule has 3 aromatic rings. The number of nitrogen functional groups attached to an aromatic ring is 1. The van der Waals surface area contributed by atoms with Crippen molar-refractivity contribution in [2.24, 2.45) is 0 Å². The summed E-state index contributed by atoms with van der Waals surface area (Å²) in [6.07, 6.45) is 0. The van der Waals surface area contributed by atoms with Gasteiger partial charge in [0.1, 0.15) is 11.5 Å². The highest BCUT2D eigenvalue weighted by Gasteiger charge is 2.17. The first-order valence-electron chi connectivity index (χ1n) is 6.89. The zero-order valence-corrected chi connectivity index (χ0v) is 12.7. The van der Waals surface area contributed by atoms with Gasteiger partial charge in [0.2, 0.25) is 0 Å². The van der Waals surface area contributed by atoms with Crippen molar-refractivity contribution in [3.8, 4) is 28.6 Å². The van der Waals surface area contributed by atoms with Gasteiger partial charge in [-0.05, 0) is 36.4 Å². The number of benzene rings is 2. The van der Waals surface area contributed by atoms with E-state index in [1.54, 1.807) is 56.7 Å². The molecule has 0 fully saturated rings. The molecule has 0 saturated carbocycles. The molecule has 0 atom stereocenters. The first-order valence-corrected chi connectivity index (χ1v) is 6.89. The van der Waals surface area contributed by atoms with Crippen molar-refractivity contribution in [3.63, 3.8) is 0 Å². The van der Waals surface area contributed by atoms with Crippen LogP contribution in [0.4, 0.5) is 5.69 Å². The minimum atomic E-state index is -0.345. The second kappa shape index (κ2) is 5.88. The van der Waals surface area contributed by atoms with E-state index in [9.17, 15) is 4.79 Å². The molecular weight excluding hydrogens is 296 g/mol. The molecule has 0 amide bonds. The summed E-state index contributed by atoms with van der Waals surface area (Å²) in [5.41, 5.74) is 7.30. The number of nitrogens with zero attached hydrogens (tertiary/aromatic N) is 2. The van der Waals surface area contributed by atoms with Crippen molar-refractivity contribution in [1.29, 1.82) is 0 Å². The Morgan fingerprint density at radius 2 is 1.83 bits per heavy atom. The molecule has 7 nitrogen and oxygen atoms in total. The van der Waals surface area contributed by atoms with Crippen molar-refractivity contribution in [2.45, 2.75) is 0 Å². The van der Waals surface area contributed by atoms with Gasteiger partial charge in [0.05, 0.1) is 25.5 Å². The van der Waals surface area contributed by atoms with E-state index in [4.69, 9.17) is 15.2 Å². The van der Waals surface area contributed by atoms with Crippen LogP contribution < -0.4 is 20.9 Å². The van der Waals surface area contributed by atoms with Crippen LogP contribution in [-0.2, 0) is 0 Å². The number of aromatic amines is 1. The predicted molar refractivity (Wildman–Crippen MR) is 87.1 cm³/mol. The second-order valence-electron chi connectivity index (χ2n) is 4.85. The van der Waals surface area contributed by atoms with Crippen LogP contribution in [-0.4, -0.2) is 29.0 Å². The highest BCUT2D eigenvalue weighted by atomic mass is 16.5. The molecule has 3 rings (SSSR count). The van der Waals surface area contributed by atoms with E-state index in [1.807, 2.05) is 0 Å². The average molecular weight is 312 g/mol. The number of methoxy groups -OCH3 is 2. The molecule has 0 aliphatic rings. The monoisotopic (exact) mass is 312 g/mol. The highest BCUT2D eigenvalue weighted by Crippen LogP contribution is 2.32. The van der Waals surface area contributed by atoms with Gasteiger partial charge in [-0.15, -0.1) is 0 Å². The van der Waals surface area contributed by atoms with E-state index in [1.165, 1.54) is 4.57 Å². The fraction of sp³-hybridized carbons (Fsp3) is 0.125. The van der Waals surface area contributed by atoms with Crippen LogP contribution in [0.5, 0.6) is 11.5 Å². The third-order valence-electron chi connectivity index (χ3n) is 3.47. The topological polar surface area (TPSA) is 95.2 Å². The van der Waals surface area contributed by atoms with Crippen molar-refractivity contribution >= 4 is 5.69 Å². The lowest BCUT2D eigenvalue weighted by Gasteiger charge is -2.11. The Bertz CT molecular complexity index is 881. The third kappa shape index (κ3) is 2.64. The van der Waals surface area contributed by atoms with Crippen LogP contribution in [0.25, 0.3) is 17.1 Å². The number of ether oxygens (including phenoxy) is 2. The number of nitrogens with two attached hydrogens (primary N) is 1. The van der Waals surface area contributed by atoms with Gasteiger partial charge >= 0.3 is 5.69 Å². The third-order valence-corrected chi connectivity index (χ3v) is 3.47. The smallest absolute Gasteiger partial charge is 0.348 e. The zero-order valence-electron chi connectivity index (χ0n) is 12.7. The van der Waals surface area contributed by atoms with Crippen LogP contribution in [0.2, 0.25) is 0 Å². The number of hydrogen-bond acceptors (Lipinski definition) is 5. The lowest BCUT2D eigenvalue weighted by atomic mass is 10.1. The molecule has 0 unspecified atom stereocenters. The summed E-state index contributed by atoms with van der Waals surface area (Å²) >= 11 is 0. The SMILES string of the molecule is COc1ccc(-c2n[nH]c(=O)n2-c2ccc(N)cc2)c(OC)c1. The van der Waals surface area contributed by atoms with Gasteiger partial charge in [-0.2, -0.15) is 5.10 Å².